The molecule has 7 N–H and O–H groups in total. The molecule has 6 fully saturated rings. The first-order valence-electron chi connectivity index (χ1n) is 19.3. The molecule has 48 heavy (non-hydrogen) atoms. The summed E-state index contributed by atoms with van der Waals surface area (Å²) < 4.78 is 13.6. The molecule has 9 heteroatoms. The van der Waals surface area contributed by atoms with Crippen molar-refractivity contribution in [3.05, 3.63) is 11.6 Å². The average molecular weight is 673 g/mol. The molecule has 3 heterocycles. The summed E-state index contributed by atoms with van der Waals surface area (Å²) in [6, 6.07) is 0. The fourth-order valence-corrected chi connectivity index (χ4v) is 12.5. The van der Waals surface area contributed by atoms with Gasteiger partial charge in [0.25, 0.3) is 0 Å². The van der Waals surface area contributed by atoms with E-state index >= 15 is 0 Å². The Hall–Kier alpha value is -0.910. The SMILES string of the molecule is CC1CCOC(C2OC2C(C)(O)C(C)(CO)CCC2CCNC(N)C2)(C2CCC3(O)C4=CC(=O)C5CC(O)CCC5(C)C4CCC23C)C1. The van der Waals surface area contributed by atoms with Gasteiger partial charge in [-0.05, 0) is 138 Å². The quantitative estimate of drug-likeness (QED) is 0.210. The van der Waals surface area contributed by atoms with Crippen molar-refractivity contribution in [1.29, 1.82) is 0 Å². The van der Waals surface area contributed by atoms with Crippen LogP contribution in [0.5, 0.6) is 0 Å². The van der Waals surface area contributed by atoms with Gasteiger partial charge in [-0.15, -0.1) is 0 Å². The average Bonchev–Trinajstić information content (AvgIpc) is 3.81. The van der Waals surface area contributed by atoms with Gasteiger partial charge in [-0.2, -0.15) is 0 Å². The molecule has 3 saturated carbocycles. The van der Waals surface area contributed by atoms with Crippen LogP contribution in [0, 0.1) is 45.8 Å². The Kier molecular flexibility index (Phi) is 8.93. The normalized spacial score (nSPS) is 51.5. The third-order valence-corrected chi connectivity index (χ3v) is 16.1. The number of hydrogen-bond donors (Lipinski definition) is 6. The Morgan fingerprint density at radius 1 is 1.06 bits per heavy atom. The van der Waals surface area contributed by atoms with Crippen molar-refractivity contribution in [2.45, 2.75) is 159 Å². The van der Waals surface area contributed by atoms with Crippen LogP contribution < -0.4 is 11.1 Å². The fraction of sp³-hybridized carbons (Fsp3) is 0.923. The molecule has 15 atom stereocenters. The summed E-state index contributed by atoms with van der Waals surface area (Å²) in [5, 5.41) is 49.9. The van der Waals surface area contributed by atoms with Crippen LogP contribution in [-0.4, -0.2) is 87.2 Å². The van der Waals surface area contributed by atoms with E-state index in [9.17, 15) is 25.2 Å². The molecular formula is C39H64N2O7. The van der Waals surface area contributed by atoms with Crippen LogP contribution in [0.2, 0.25) is 0 Å². The molecule has 0 radical (unpaired) electrons. The first-order valence-corrected chi connectivity index (χ1v) is 19.3. The van der Waals surface area contributed by atoms with Crippen molar-refractivity contribution in [2.75, 3.05) is 19.8 Å². The third kappa shape index (κ3) is 5.18. The van der Waals surface area contributed by atoms with E-state index in [-0.39, 0.29) is 47.8 Å². The summed E-state index contributed by atoms with van der Waals surface area (Å²) in [6.07, 6.45) is 10.9. The number of rotatable bonds is 8. The second-order valence-electron chi connectivity index (χ2n) is 18.7. The number of hydrogen-bond acceptors (Lipinski definition) is 9. The van der Waals surface area contributed by atoms with Crippen molar-refractivity contribution in [1.82, 2.24) is 5.32 Å². The van der Waals surface area contributed by atoms with Crippen LogP contribution in [0.4, 0.5) is 0 Å². The number of ketones is 1. The number of piperidine rings is 1. The Labute approximate surface area is 287 Å². The second-order valence-corrected chi connectivity index (χ2v) is 18.7. The van der Waals surface area contributed by atoms with Gasteiger partial charge in [-0.3, -0.25) is 4.79 Å². The molecule has 0 aromatic carbocycles. The van der Waals surface area contributed by atoms with Crippen molar-refractivity contribution in [2.24, 2.45) is 51.6 Å². The zero-order valence-electron chi connectivity index (χ0n) is 30.2. The molecule has 3 saturated heterocycles. The Balaban J connectivity index is 1.17. The lowest BCUT2D eigenvalue weighted by Crippen LogP contribution is -2.63. The van der Waals surface area contributed by atoms with Gasteiger partial charge in [0.05, 0.1) is 30.1 Å². The maximum absolute atomic E-state index is 13.7. The number of ether oxygens (including phenoxy) is 2. The largest absolute Gasteiger partial charge is 0.396 e. The van der Waals surface area contributed by atoms with Gasteiger partial charge in [-0.1, -0.05) is 27.7 Å². The molecular weight excluding hydrogens is 608 g/mol. The summed E-state index contributed by atoms with van der Waals surface area (Å²) >= 11 is 0. The lowest BCUT2D eigenvalue weighted by molar-refractivity contribution is -0.193. The lowest BCUT2D eigenvalue weighted by Gasteiger charge is -2.61. The van der Waals surface area contributed by atoms with Crippen molar-refractivity contribution in [3.63, 3.8) is 0 Å². The number of nitrogens with one attached hydrogen (secondary N) is 1. The van der Waals surface area contributed by atoms with E-state index in [1.807, 2.05) is 13.8 Å². The van der Waals surface area contributed by atoms with Gasteiger partial charge >= 0.3 is 0 Å². The molecule has 7 aliphatic rings. The monoisotopic (exact) mass is 672 g/mol. The Bertz CT molecular complexity index is 1290. The van der Waals surface area contributed by atoms with Crippen molar-refractivity contribution < 1.29 is 34.7 Å². The topological polar surface area (TPSA) is 158 Å². The molecule has 15 unspecified atom stereocenters. The van der Waals surface area contributed by atoms with E-state index in [0.717, 1.165) is 69.9 Å². The van der Waals surface area contributed by atoms with E-state index in [1.165, 1.54) is 0 Å². The minimum atomic E-state index is -1.29. The summed E-state index contributed by atoms with van der Waals surface area (Å²) in [5.74, 6) is 0.838. The van der Waals surface area contributed by atoms with Gasteiger partial charge < -0.3 is 41.0 Å². The van der Waals surface area contributed by atoms with Gasteiger partial charge in [0.2, 0.25) is 0 Å². The molecule has 4 aliphatic carbocycles. The molecule has 0 aromatic heterocycles. The van der Waals surface area contributed by atoms with E-state index in [2.05, 4.69) is 26.1 Å². The molecule has 0 bridgehead atoms. The molecule has 3 aliphatic heterocycles. The molecule has 9 nitrogen and oxygen atoms in total. The highest BCUT2D eigenvalue weighted by atomic mass is 16.6. The van der Waals surface area contributed by atoms with E-state index < -0.39 is 39.8 Å². The van der Waals surface area contributed by atoms with Gasteiger partial charge in [0.1, 0.15) is 17.8 Å². The highest BCUT2D eigenvalue weighted by molar-refractivity contribution is 5.95. The van der Waals surface area contributed by atoms with Crippen LogP contribution >= 0.6 is 0 Å². The minimum Gasteiger partial charge on any atom is -0.396 e. The minimum absolute atomic E-state index is 0.00470. The summed E-state index contributed by atoms with van der Waals surface area (Å²) in [5.41, 5.74) is 2.46. The van der Waals surface area contributed by atoms with Crippen LogP contribution in [0.1, 0.15) is 118 Å². The predicted molar refractivity (Wildman–Crippen MR) is 183 cm³/mol. The third-order valence-electron chi connectivity index (χ3n) is 16.1. The first-order chi connectivity index (χ1) is 22.5. The molecule has 7 rings (SSSR count). The number of aliphatic hydroxyl groups excluding tert-OH is 2. The summed E-state index contributed by atoms with van der Waals surface area (Å²) in [4.78, 5) is 13.7. The molecule has 0 amide bonds. The lowest BCUT2D eigenvalue weighted by atomic mass is 9.45. The van der Waals surface area contributed by atoms with E-state index in [4.69, 9.17) is 15.2 Å². The number of nitrogens with two attached hydrogens (primary N) is 1. The summed E-state index contributed by atoms with van der Waals surface area (Å²) in [6.45, 7) is 11.9. The van der Waals surface area contributed by atoms with Crippen molar-refractivity contribution >= 4 is 5.78 Å². The van der Waals surface area contributed by atoms with Crippen LogP contribution in [0.3, 0.4) is 0 Å². The zero-order valence-corrected chi connectivity index (χ0v) is 30.2. The number of fused-ring (bicyclic) bond motifs is 5. The van der Waals surface area contributed by atoms with Crippen LogP contribution in [-0.2, 0) is 14.3 Å². The standard InChI is InChI=1S/C39H64N2O7/c1-23-11-17-47-38(21-23,33-32(48-33)37(5,45)34(2,22-42)12-6-24-10-16-41-31(40)18-24)30-9-15-39(46)27-20-29(44)28-19-25(43)7-13-35(28,3)26(27)8-14-36(30,39)4/h20,23-26,28,30-33,41-43,45-46H,6-19,21-22,40H2,1-5H3. The highest BCUT2D eigenvalue weighted by Gasteiger charge is 2.75. The number of aliphatic hydroxyl groups is 4. The zero-order chi connectivity index (χ0) is 34.5. The maximum atomic E-state index is 13.7. The van der Waals surface area contributed by atoms with Crippen molar-refractivity contribution in [3.8, 4) is 0 Å². The predicted octanol–water partition coefficient (Wildman–Crippen LogP) is 3.99. The van der Waals surface area contributed by atoms with Gasteiger partial charge in [0, 0.05) is 23.4 Å². The summed E-state index contributed by atoms with van der Waals surface area (Å²) in [7, 11) is 0. The van der Waals surface area contributed by atoms with Crippen LogP contribution in [0.15, 0.2) is 11.6 Å². The van der Waals surface area contributed by atoms with Gasteiger partial charge in [-0.25, -0.2) is 0 Å². The highest BCUT2D eigenvalue weighted by Crippen LogP contribution is 2.71. The number of carbonyl (C=O) groups is 1. The number of carbonyl (C=O) groups excluding carboxylic acids is 1. The molecule has 0 spiro atoms. The molecule has 0 aromatic rings. The Morgan fingerprint density at radius 3 is 2.54 bits per heavy atom. The van der Waals surface area contributed by atoms with E-state index in [0.29, 0.717) is 44.1 Å². The Morgan fingerprint density at radius 2 is 1.83 bits per heavy atom. The van der Waals surface area contributed by atoms with Crippen LogP contribution in [0.25, 0.3) is 0 Å². The first kappa shape index (κ1) is 35.5. The van der Waals surface area contributed by atoms with Gasteiger partial charge in [0.15, 0.2) is 5.78 Å². The number of allylic oxidation sites excluding steroid dienone is 1. The fourth-order valence-electron chi connectivity index (χ4n) is 12.5. The second kappa shape index (κ2) is 12.1. The van der Waals surface area contributed by atoms with E-state index in [1.54, 1.807) is 6.08 Å². The maximum Gasteiger partial charge on any atom is 0.159 e. The molecule has 272 valence electrons. The number of epoxide rings is 1. The smallest absolute Gasteiger partial charge is 0.159 e.